The van der Waals surface area contributed by atoms with Crippen molar-refractivity contribution in [1.29, 1.82) is 0 Å². The van der Waals surface area contributed by atoms with Gasteiger partial charge in [-0.3, -0.25) is 0 Å². The second-order valence-corrected chi connectivity index (χ2v) is 5.72. The van der Waals surface area contributed by atoms with E-state index in [4.69, 9.17) is 10.5 Å². The second-order valence-electron chi connectivity index (χ2n) is 5.72. The number of nitrogens with two attached hydrogens (primary N) is 1. The van der Waals surface area contributed by atoms with E-state index in [0.29, 0.717) is 11.4 Å². The van der Waals surface area contributed by atoms with Crippen LogP contribution in [0.25, 0.3) is 0 Å². The van der Waals surface area contributed by atoms with E-state index >= 15 is 0 Å². The quantitative estimate of drug-likeness (QED) is 0.569. The number of rotatable bonds is 6. The van der Waals surface area contributed by atoms with Crippen molar-refractivity contribution in [2.24, 2.45) is 0 Å². The van der Waals surface area contributed by atoms with E-state index in [0.717, 1.165) is 12.8 Å². The normalized spacial score (nSPS) is 13.4. The van der Waals surface area contributed by atoms with Crippen LogP contribution in [-0.4, -0.2) is 0 Å². The lowest BCUT2D eigenvalue weighted by molar-refractivity contribution is 0.438. The molecular weight excluding hydrogens is 277 g/mol. The molecule has 0 spiro atoms. The minimum absolute atomic E-state index is 0.0622. The standard InChI is InChI=1S/C19H22FNO/c1-4-12-19(3,5-2)14-6-9-16(10-7-14)22-18-11-8-15(21)13-17(18)20/h4,6-11,13H,1,5,12,21H2,2-3H3. The molecule has 0 radical (unpaired) electrons. The zero-order chi connectivity index (χ0) is 16.2. The van der Waals surface area contributed by atoms with Gasteiger partial charge in [0, 0.05) is 11.8 Å². The molecule has 0 fully saturated rings. The van der Waals surface area contributed by atoms with Crippen LogP contribution in [0, 0.1) is 5.82 Å². The van der Waals surface area contributed by atoms with Crippen LogP contribution in [0.3, 0.4) is 0 Å². The summed E-state index contributed by atoms with van der Waals surface area (Å²) in [5, 5.41) is 0. The number of anilines is 1. The third-order valence-corrected chi connectivity index (χ3v) is 4.11. The number of ether oxygens (including phenoxy) is 1. The minimum atomic E-state index is -0.464. The number of hydrogen-bond donors (Lipinski definition) is 1. The lowest BCUT2D eigenvalue weighted by Crippen LogP contribution is -2.19. The van der Waals surface area contributed by atoms with Crippen LogP contribution < -0.4 is 10.5 Å². The van der Waals surface area contributed by atoms with Gasteiger partial charge in [0.2, 0.25) is 0 Å². The maximum Gasteiger partial charge on any atom is 0.167 e. The Morgan fingerprint density at radius 1 is 1.23 bits per heavy atom. The summed E-state index contributed by atoms with van der Waals surface area (Å²) in [6, 6.07) is 12.2. The predicted molar refractivity (Wildman–Crippen MR) is 89.8 cm³/mol. The SMILES string of the molecule is C=CCC(C)(CC)c1ccc(Oc2ccc(N)cc2F)cc1. The average Bonchev–Trinajstić information content (AvgIpc) is 2.51. The summed E-state index contributed by atoms with van der Waals surface area (Å²) in [7, 11) is 0. The van der Waals surface area contributed by atoms with E-state index in [9.17, 15) is 4.39 Å². The van der Waals surface area contributed by atoms with Gasteiger partial charge >= 0.3 is 0 Å². The smallest absolute Gasteiger partial charge is 0.167 e. The second kappa shape index (κ2) is 6.65. The topological polar surface area (TPSA) is 35.2 Å². The molecule has 0 saturated carbocycles. The Hall–Kier alpha value is -2.29. The molecule has 3 heteroatoms. The number of hydrogen-bond acceptors (Lipinski definition) is 2. The van der Waals surface area contributed by atoms with Crippen LogP contribution in [0.2, 0.25) is 0 Å². The number of nitrogen functional groups attached to an aromatic ring is 1. The lowest BCUT2D eigenvalue weighted by atomic mass is 9.77. The van der Waals surface area contributed by atoms with E-state index in [1.165, 1.54) is 17.7 Å². The molecule has 2 aromatic carbocycles. The van der Waals surface area contributed by atoms with Crippen LogP contribution >= 0.6 is 0 Å². The van der Waals surface area contributed by atoms with Gasteiger partial charge in [-0.15, -0.1) is 6.58 Å². The van der Waals surface area contributed by atoms with E-state index in [-0.39, 0.29) is 11.2 Å². The highest BCUT2D eigenvalue weighted by atomic mass is 19.1. The summed E-state index contributed by atoms with van der Waals surface area (Å²) < 4.78 is 19.3. The highest BCUT2D eigenvalue weighted by Gasteiger charge is 2.22. The van der Waals surface area contributed by atoms with Gasteiger partial charge in [-0.1, -0.05) is 32.1 Å². The molecule has 0 aliphatic rings. The minimum Gasteiger partial charge on any atom is -0.454 e. The van der Waals surface area contributed by atoms with Crippen molar-refractivity contribution < 1.29 is 9.13 Å². The Morgan fingerprint density at radius 2 is 1.91 bits per heavy atom. The summed E-state index contributed by atoms with van der Waals surface area (Å²) in [6.07, 6.45) is 3.87. The zero-order valence-corrected chi connectivity index (χ0v) is 13.1. The third-order valence-electron chi connectivity index (χ3n) is 4.11. The zero-order valence-electron chi connectivity index (χ0n) is 13.1. The molecule has 2 aromatic rings. The van der Waals surface area contributed by atoms with Gasteiger partial charge < -0.3 is 10.5 Å². The Morgan fingerprint density at radius 3 is 2.45 bits per heavy atom. The van der Waals surface area contributed by atoms with Crippen molar-refractivity contribution in [3.05, 3.63) is 66.5 Å². The summed E-state index contributed by atoms with van der Waals surface area (Å²) in [4.78, 5) is 0. The first-order valence-corrected chi connectivity index (χ1v) is 7.43. The predicted octanol–water partition coefficient (Wildman–Crippen LogP) is 5.44. The van der Waals surface area contributed by atoms with Crippen molar-refractivity contribution in [1.82, 2.24) is 0 Å². The molecule has 22 heavy (non-hydrogen) atoms. The molecule has 0 aliphatic heterocycles. The Balaban J connectivity index is 2.20. The molecule has 0 aliphatic carbocycles. The fraction of sp³-hybridized carbons (Fsp3) is 0.263. The Bertz CT molecular complexity index is 651. The first kappa shape index (κ1) is 16.1. The average molecular weight is 299 g/mol. The number of allylic oxidation sites excluding steroid dienone is 1. The van der Waals surface area contributed by atoms with Crippen LogP contribution in [0.4, 0.5) is 10.1 Å². The maximum absolute atomic E-state index is 13.7. The van der Waals surface area contributed by atoms with Gasteiger partial charge in [0.05, 0.1) is 0 Å². The molecule has 116 valence electrons. The Labute approximate surface area is 131 Å². The molecule has 0 bridgehead atoms. The fourth-order valence-electron chi connectivity index (χ4n) is 2.44. The summed E-state index contributed by atoms with van der Waals surface area (Å²) in [6.45, 7) is 8.21. The number of benzene rings is 2. The van der Waals surface area contributed by atoms with E-state index in [1.54, 1.807) is 6.07 Å². The van der Waals surface area contributed by atoms with Gasteiger partial charge in [-0.05, 0) is 48.1 Å². The van der Waals surface area contributed by atoms with Crippen molar-refractivity contribution in [2.45, 2.75) is 32.1 Å². The van der Waals surface area contributed by atoms with Gasteiger partial charge in [0.1, 0.15) is 5.75 Å². The fourth-order valence-corrected chi connectivity index (χ4v) is 2.44. The van der Waals surface area contributed by atoms with Crippen LogP contribution in [0.1, 0.15) is 32.3 Å². The highest BCUT2D eigenvalue weighted by molar-refractivity contribution is 5.44. The largest absolute Gasteiger partial charge is 0.454 e. The molecule has 2 nitrogen and oxygen atoms in total. The summed E-state index contributed by atoms with van der Waals surface area (Å²) >= 11 is 0. The van der Waals surface area contributed by atoms with E-state index in [2.05, 4.69) is 20.4 Å². The van der Waals surface area contributed by atoms with Crippen molar-refractivity contribution >= 4 is 5.69 Å². The summed E-state index contributed by atoms with van der Waals surface area (Å²) in [5.41, 5.74) is 7.19. The first-order valence-electron chi connectivity index (χ1n) is 7.43. The van der Waals surface area contributed by atoms with Gasteiger partial charge in [0.25, 0.3) is 0 Å². The molecular formula is C19H22FNO. The molecule has 1 atom stereocenters. The molecule has 0 aromatic heterocycles. The Kier molecular flexibility index (Phi) is 4.86. The molecule has 2 N–H and O–H groups in total. The van der Waals surface area contributed by atoms with Crippen LogP contribution in [0.15, 0.2) is 55.1 Å². The van der Waals surface area contributed by atoms with Crippen LogP contribution in [0.5, 0.6) is 11.5 Å². The summed E-state index contributed by atoms with van der Waals surface area (Å²) in [5.74, 6) is 0.310. The first-order chi connectivity index (χ1) is 10.5. The molecule has 0 amide bonds. The van der Waals surface area contributed by atoms with Crippen molar-refractivity contribution in [3.63, 3.8) is 0 Å². The molecule has 1 unspecified atom stereocenters. The van der Waals surface area contributed by atoms with Gasteiger partial charge in [-0.25, -0.2) is 4.39 Å². The third kappa shape index (κ3) is 3.48. The van der Waals surface area contributed by atoms with E-state index < -0.39 is 5.82 Å². The van der Waals surface area contributed by atoms with Crippen molar-refractivity contribution in [2.75, 3.05) is 5.73 Å². The van der Waals surface area contributed by atoms with Crippen LogP contribution in [-0.2, 0) is 5.41 Å². The monoisotopic (exact) mass is 299 g/mol. The highest BCUT2D eigenvalue weighted by Crippen LogP contribution is 2.33. The van der Waals surface area contributed by atoms with E-state index in [1.807, 2.05) is 30.3 Å². The lowest BCUT2D eigenvalue weighted by Gasteiger charge is -2.27. The maximum atomic E-state index is 13.7. The number of halogens is 1. The molecule has 0 heterocycles. The van der Waals surface area contributed by atoms with Crippen molar-refractivity contribution in [3.8, 4) is 11.5 Å². The molecule has 0 saturated heterocycles. The molecule has 2 rings (SSSR count). The van der Waals surface area contributed by atoms with Gasteiger partial charge in [0.15, 0.2) is 11.6 Å². The van der Waals surface area contributed by atoms with Gasteiger partial charge in [-0.2, -0.15) is 0 Å².